The van der Waals surface area contributed by atoms with E-state index in [1.807, 2.05) is 29.0 Å². The molecule has 0 unspecified atom stereocenters. The Balaban J connectivity index is 2.13. The summed E-state index contributed by atoms with van der Waals surface area (Å²) in [6, 6.07) is 5.83. The molecular weight excluding hydrogens is 202 g/mol. The third kappa shape index (κ3) is 2.77. The maximum absolute atomic E-state index is 8.68. The molecule has 2 heterocycles. The molecule has 0 radical (unpaired) electrons. The summed E-state index contributed by atoms with van der Waals surface area (Å²) in [6.45, 7) is 0.744. The fourth-order valence-corrected chi connectivity index (χ4v) is 1.42. The SMILES string of the molecule is OCC=Cc1cccc(Cn2ccnc2)n1. The monoisotopic (exact) mass is 215 g/mol. The van der Waals surface area contributed by atoms with Crippen LogP contribution in [-0.2, 0) is 6.54 Å². The van der Waals surface area contributed by atoms with Crippen LogP contribution in [0.25, 0.3) is 6.08 Å². The van der Waals surface area contributed by atoms with E-state index in [0.29, 0.717) is 6.54 Å². The Hall–Kier alpha value is -1.94. The first-order valence-electron chi connectivity index (χ1n) is 5.07. The molecule has 4 heteroatoms. The predicted octanol–water partition coefficient (Wildman–Crippen LogP) is 1.33. The molecule has 16 heavy (non-hydrogen) atoms. The van der Waals surface area contributed by atoms with E-state index >= 15 is 0 Å². The molecule has 0 spiro atoms. The molecule has 1 N–H and O–H groups in total. The van der Waals surface area contributed by atoms with Gasteiger partial charge >= 0.3 is 0 Å². The van der Waals surface area contributed by atoms with Gasteiger partial charge in [0.1, 0.15) is 0 Å². The van der Waals surface area contributed by atoms with Gasteiger partial charge in [-0.25, -0.2) is 4.98 Å². The summed E-state index contributed by atoms with van der Waals surface area (Å²) in [5.74, 6) is 0. The molecule has 0 aliphatic carbocycles. The number of pyridine rings is 1. The average molecular weight is 215 g/mol. The van der Waals surface area contributed by atoms with E-state index in [1.165, 1.54) is 0 Å². The van der Waals surface area contributed by atoms with Crippen molar-refractivity contribution in [2.45, 2.75) is 6.54 Å². The number of hydrogen-bond acceptors (Lipinski definition) is 3. The van der Waals surface area contributed by atoms with Gasteiger partial charge in [-0.3, -0.25) is 4.98 Å². The van der Waals surface area contributed by atoms with Crippen molar-refractivity contribution in [1.82, 2.24) is 14.5 Å². The normalized spacial score (nSPS) is 11.1. The third-order valence-electron chi connectivity index (χ3n) is 2.13. The fraction of sp³-hybridized carbons (Fsp3) is 0.167. The summed E-state index contributed by atoms with van der Waals surface area (Å²) in [6.07, 6.45) is 8.88. The molecule has 0 saturated heterocycles. The molecule has 0 aliphatic heterocycles. The minimum atomic E-state index is 0.0351. The van der Waals surface area contributed by atoms with Crippen LogP contribution >= 0.6 is 0 Å². The van der Waals surface area contributed by atoms with Crippen LogP contribution in [0.5, 0.6) is 0 Å². The Bertz CT molecular complexity index is 463. The van der Waals surface area contributed by atoms with Crippen molar-refractivity contribution in [1.29, 1.82) is 0 Å². The first-order valence-corrected chi connectivity index (χ1v) is 5.07. The van der Waals surface area contributed by atoms with Gasteiger partial charge in [0, 0.05) is 12.4 Å². The maximum atomic E-state index is 8.68. The highest BCUT2D eigenvalue weighted by molar-refractivity contribution is 5.44. The molecule has 0 aliphatic rings. The van der Waals surface area contributed by atoms with Crippen molar-refractivity contribution in [2.24, 2.45) is 0 Å². The number of aliphatic hydroxyl groups is 1. The smallest absolute Gasteiger partial charge is 0.0949 e. The molecule has 0 aromatic carbocycles. The lowest BCUT2D eigenvalue weighted by Crippen LogP contribution is -1.99. The molecule has 0 atom stereocenters. The largest absolute Gasteiger partial charge is 0.392 e. The first kappa shape index (κ1) is 10.6. The zero-order valence-electron chi connectivity index (χ0n) is 8.82. The van der Waals surface area contributed by atoms with E-state index in [9.17, 15) is 0 Å². The second-order valence-corrected chi connectivity index (χ2v) is 3.37. The van der Waals surface area contributed by atoms with Crippen molar-refractivity contribution < 1.29 is 5.11 Å². The minimum absolute atomic E-state index is 0.0351. The lowest BCUT2D eigenvalue weighted by Gasteiger charge is -2.02. The number of hydrogen-bond donors (Lipinski definition) is 1. The second-order valence-electron chi connectivity index (χ2n) is 3.37. The number of nitrogens with zero attached hydrogens (tertiary/aromatic N) is 3. The van der Waals surface area contributed by atoms with Crippen molar-refractivity contribution >= 4 is 6.08 Å². The summed E-state index contributed by atoms with van der Waals surface area (Å²) in [5, 5.41) is 8.68. The van der Waals surface area contributed by atoms with Crippen molar-refractivity contribution in [3.8, 4) is 0 Å². The zero-order valence-corrected chi connectivity index (χ0v) is 8.82. The van der Waals surface area contributed by atoms with Gasteiger partial charge in [-0.2, -0.15) is 0 Å². The molecule has 0 saturated carbocycles. The number of imidazole rings is 1. The van der Waals surface area contributed by atoms with Crippen LogP contribution in [0.3, 0.4) is 0 Å². The highest BCUT2D eigenvalue weighted by Gasteiger charge is 1.96. The van der Waals surface area contributed by atoms with Crippen LogP contribution in [0.15, 0.2) is 43.0 Å². The van der Waals surface area contributed by atoms with Gasteiger partial charge in [0.15, 0.2) is 0 Å². The van der Waals surface area contributed by atoms with E-state index in [0.717, 1.165) is 11.4 Å². The summed E-state index contributed by atoms with van der Waals surface area (Å²) in [7, 11) is 0. The maximum Gasteiger partial charge on any atom is 0.0949 e. The molecule has 2 aromatic heterocycles. The highest BCUT2D eigenvalue weighted by atomic mass is 16.2. The van der Waals surface area contributed by atoms with Crippen LogP contribution in [0.1, 0.15) is 11.4 Å². The topological polar surface area (TPSA) is 50.9 Å². The van der Waals surface area contributed by atoms with Crippen molar-refractivity contribution in [2.75, 3.05) is 6.61 Å². The summed E-state index contributed by atoms with van der Waals surface area (Å²) in [5.41, 5.74) is 1.82. The molecule has 0 fully saturated rings. The summed E-state index contributed by atoms with van der Waals surface area (Å²) < 4.78 is 1.96. The standard InChI is InChI=1S/C12H13N3O/c16-8-2-5-11-3-1-4-12(14-11)9-15-7-6-13-10-15/h1-7,10,16H,8-9H2. The van der Waals surface area contributed by atoms with Crippen LogP contribution in [0, 0.1) is 0 Å². The molecule has 82 valence electrons. The molecule has 2 aromatic rings. The highest BCUT2D eigenvalue weighted by Crippen LogP contribution is 2.03. The molecule has 0 amide bonds. The Labute approximate surface area is 93.9 Å². The summed E-state index contributed by atoms with van der Waals surface area (Å²) >= 11 is 0. The molecule has 0 bridgehead atoms. The minimum Gasteiger partial charge on any atom is -0.392 e. The number of rotatable bonds is 4. The quantitative estimate of drug-likeness (QED) is 0.837. The van der Waals surface area contributed by atoms with E-state index < -0.39 is 0 Å². The lowest BCUT2D eigenvalue weighted by molar-refractivity contribution is 0.343. The average Bonchev–Trinajstić information content (AvgIpc) is 2.80. The first-order chi connectivity index (χ1) is 7.88. The third-order valence-corrected chi connectivity index (χ3v) is 2.13. The van der Waals surface area contributed by atoms with Crippen LogP contribution in [-0.4, -0.2) is 26.2 Å². The Morgan fingerprint density at radius 1 is 1.38 bits per heavy atom. The Morgan fingerprint density at radius 2 is 2.31 bits per heavy atom. The van der Waals surface area contributed by atoms with Crippen LogP contribution < -0.4 is 0 Å². The van der Waals surface area contributed by atoms with E-state index in [2.05, 4.69) is 9.97 Å². The van der Waals surface area contributed by atoms with Gasteiger partial charge in [0.25, 0.3) is 0 Å². The lowest BCUT2D eigenvalue weighted by atomic mass is 10.3. The number of aliphatic hydroxyl groups excluding tert-OH is 1. The molecular formula is C12H13N3O. The fourth-order valence-electron chi connectivity index (χ4n) is 1.42. The van der Waals surface area contributed by atoms with E-state index in [4.69, 9.17) is 5.11 Å². The Morgan fingerprint density at radius 3 is 3.06 bits per heavy atom. The van der Waals surface area contributed by atoms with Gasteiger partial charge in [-0.15, -0.1) is 0 Å². The second kappa shape index (κ2) is 5.23. The zero-order chi connectivity index (χ0) is 11.2. The predicted molar refractivity (Wildman–Crippen MR) is 61.7 cm³/mol. The number of aromatic nitrogens is 3. The van der Waals surface area contributed by atoms with Crippen LogP contribution in [0.4, 0.5) is 0 Å². The van der Waals surface area contributed by atoms with Gasteiger partial charge < -0.3 is 9.67 Å². The van der Waals surface area contributed by atoms with E-state index in [1.54, 1.807) is 24.7 Å². The van der Waals surface area contributed by atoms with Crippen molar-refractivity contribution in [3.05, 3.63) is 54.4 Å². The van der Waals surface area contributed by atoms with Crippen molar-refractivity contribution in [3.63, 3.8) is 0 Å². The van der Waals surface area contributed by atoms with Gasteiger partial charge in [-0.05, 0) is 18.2 Å². The van der Waals surface area contributed by atoms with Gasteiger partial charge in [0.05, 0.1) is 30.9 Å². The molecule has 4 nitrogen and oxygen atoms in total. The summed E-state index contributed by atoms with van der Waals surface area (Å²) in [4.78, 5) is 8.42. The van der Waals surface area contributed by atoms with Gasteiger partial charge in [-0.1, -0.05) is 12.1 Å². The molecule has 2 rings (SSSR count). The van der Waals surface area contributed by atoms with E-state index in [-0.39, 0.29) is 6.61 Å². The Kier molecular flexibility index (Phi) is 3.46. The van der Waals surface area contributed by atoms with Gasteiger partial charge in [0.2, 0.25) is 0 Å². The van der Waals surface area contributed by atoms with Crippen LogP contribution in [0.2, 0.25) is 0 Å².